The van der Waals surface area contributed by atoms with Crippen LogP contribution in [-0.2, 0) is 0 Å². The van der Waals surface area contributed by atoms with E-state index in [4.69, 9.17) is 11.6 Å². The maximum absolute atomic E-state index is 10.8. The van der Waals surface area contributed by atoms with Gasteiger partial charge in [0.05, 0.1) is 5.97 Å². The van der Waals surface area contributed by atoms with Crippen LogP contribution in [0.4, 0.5) is 0 Å². The van der Waals surface area contributed by atoms with Gasteiger partial charge in [0.2, 0.25) is 0 Å². The molecule has 0 bridgehead atoms. The molecule has 0 aliphatic carbocycles. The van der Waals surface area contributed by atoms with Crippen LogP contribution in [0.3, 0.4) is 0 Å². The quantitative estimate of drug-likeness (QED) is 0.340. The standard InChI is InChI=1S/C14H8ClNO2.Na/c15-13-12-8(5-6-16-13)1-2-9-7-10(14(17)18)3-4-11(9)12;/h1-7H,(H,17,18);/q;+1/p-1. The molecule has 5 heteroatoms. The number of rotatable bonds is 1. The minimum Gasteiger partial charge on any atom is -0.545 e. The number of carbonyl (C=O) groups is 1. The molecule has 88 valence electrons. The average molecular weight is 280 g/mol. The number of hydrogen-bond donors (Lipinski definition) is 0. The van der Waals surface area contributed by atoms with E-state index in [0.717, 1.165) is 21.5 Å². The summed E-state index contributed by atoms with van der Waals surface area (Å²) >= 11 is 6.10. The number of carboxylic acid groups (broad SMARTS) is 1. The van der Waals surface area contributed by atoms with Crippen molar-refractivity contribution in [1.29, 1.82) is 0 Å². The summed E-state index contributed by atoms with van der Waals surface area (Å²) in [7, 11) is 0. The summed E-state index contributed by atoms with van der Waals surface area (Å²) in [6, 6.07) is 10.4. The van der Waals surface area contributed by atoms with E-state index in [2.05, 4.69) is 4.98 Å². The zero-order valence-electron chi connectivity index (χ0n) is 10.2. The molecule has 19 heavy (non-hydrogen) atoms. The number of aromatic carboxylic acids is 1. The SMILES string of the molecule is O=C([O-])c1ccc2c(ccc3ccnc(Cl)c32)c1.[Na+]. The van der Waals surface area contributed by atoms with Gasteiger partial charge in [0.25, 0.3) is 0 Å². The number of halogens is 1. The van der Waals surface area contributed by atoms with E-state index < -0.39 is 5.97 Å². The molecule has 0 fully saturated rings. The Balaban J connectivity index is 0.00000133. The summed E-state index contributed by atoms with van der Waals surface area (Å²) in [4.78, 5) is 14.9. The van der Waals surface area contributed by atoms with Crippen LogP contribution >= 0.6 is 11.6 Å². The molecule has 3 rings (SSSR count). The van der Waals surface area contributed by atoms with E-state index >= 15 is 0 Å². The maximum Gasteiger partial charge on any atom is 1.00 e. The molecule has 1 aromatic heterocycles. The maximum atomic E-state index is 10.8. The molecule has 0 saturated heterocycles. The number of pyridine rings is 1. The van der Waals surface area contributed by atoms with Gasteiger partial charge in [-0.2, -0.15) is 0 Å². The second-order valence-electron chi connectivity index (χ2n) is 3.99. The second-order valence-corrected chi connectivity index (χ2v) is 4.35. The Morgan fingerprint density at radius 3 is 2.58 bits per heavy atom. The van der Waals surface area contributed by atoms with Crippen molar-refractivity contribution in [2.24, 2.45) is 0 Å². The van der Waals surface area contributed by atoms with E-state index in [1.165, 1.54) is 6.07 Å². The molecule has 0 radical (unpaired) electrons. The molecule has 0 atom stereocenters. The van der Waals surface area contributed by atoms with E-state index in [-0.39, 0.29) is 35.1 Å². The second kappa shape index (κ2) is 5.47. The van der Waals surface area contributed by atoms with Crippen molar-refractivity contribution < 1.29 is 39.5 Å². The number of aromatic nitrogens is 1. The first kappa shape index (κ1) is 14.3. The summed E-state index contributed by atoms with van der Waals surface area (Å²) in [5.74, 6) is -1.19. The molecular formula is C14H7ClNNaO2. The fourth-order valence-electron chi connectivity index (χ4n) is 2.09. The Labute approximate surface area is 136 Å². The first-order valence-corrected chi connectivity index (χ1v) is 5.73. The molecular weight excluding hydrogens is 273 g/mol. The van der Waals surface area contributed by atoms with Crippen LogP contribution in [0.25, 0.3) is 21.5 Å². The molecule has 1 heterocycles. The summed E-state index contributed by atoms with van der Waals surface area (Å²) in [5, 5.41) is 14.7. The normalized spacial score (nSPS) is 10.4. The van der Waals surface area contributed by atoms with Crippen LogP contribution in [-0.4, -0.2) is 11.0 Å². The number of benzene rings is 2. The first-order chi connectivity index (χ1) is 8.66. The molecule has 0 amide bonds. The molecule has 3 aromatic rings. The Morgan fingerprint density at radius 1 is 1.11 bits per heavy atom. The van der Waals surface area contributed by atoms with Gasteiger partial charge in [-0.25, -0.2) is 4.98 Å². The van der Waals surface area contributed by atoms with Gasteiger partial charge < -0.3 is 9.90 Å². The van der Waals surface area contributed by atoms with Gasteiger partial charge in [0.1, 0.15) is 5.15 Å². The van der Waals surface area contributed by atoms with Gasteiger partial charge in [0, 0.05) is 11.6 Å². The monoisotopic (exact) mass is 279 g/mol. The smallest absolute Gasteiger partial charge is 0.545 e. The van der Waals surface area contributed by atoms with Gasteiger partial charge in [-0.1, -0.05) is 35.9 Å². The van der Waals surface area contributed by atoms with Crippen LogP contribution in [0.5, 0.6) is 0 Å². The minimum absolute atomic E-state index is 0. The zero-order valence-corrected chi connectivity index (χ0v) is 12.9. The predicted molar refractivity (Wildman–Crippen MR) is 68.6 cm³/mol. The van der Waals surface area contributed by atoms with Crippen molar-refractivity contribution in [2.45, 2.75) is 0 Å². The number of fused-ring (bicyclic) bond motifs is 3. The van der Waals surface area contributed by atoms with Crippen molar-refractivity contribution in [3.05, 3.63) is 53.3 Å². The van der Waals surface area contributed by atoms with Gasteiger partial charge >= 0.3 is 29.6 Å². The van der Waals surface area contributed by atoms with Crippen LogP contribution in [0, 0.1) is 0 Å². The third-order valence-corrected chi connectivity index (χ3v) is 3.22. The van der Waals surface area contributed by atoms with Crippen molar-refractivity contribution in [3.8, 4) is 0 Å². The minimum atomic E-state index is -1.19. The van der Waals surface area contributed by atoms with Crippen molar-refractivity contribution in [2.75, 3.05) is 0 Å². The van der Waals surface area contributed by atoms with Crippen molar-refractivity contribution in [3.63, 3.8) is 0 Å². The van der Waals surface area contributed by atoms with Crippen molar-refractivity contribution >= 4 is 39.1 Å². The van der Waals surface area contributed by atoms with E-state index in [1.54, 1.807) is 18.3 Å². The number of nitrogens with zero attached hydrogens (tertiary/aromatic N) is 1. The number of hydrogen-bond acceptors (Lipinski definition) is 3. The van der Waals surface area contributed by atoms with Gasteiger partial charge in [-0.05, 0) is 33.9 Å². The Kier molecular flexibility index (Phi) is 4.11. The summed E-state index contributed by atoms with van der Waals surface area (Å²) in [6.07, 6.45) is 1.64. The van der Waals surface area contributed by atoms with Crippen LogP contribution < -0.4 is 34.7 Å². The molecule has 0 spiro atoms. The predicted octanol–water partition coefficient (Wildman–Crippen LogP) is -0.591. The molecule has 2 aromatic carbocycles. The molecule has 0 aliphatic heterocycles. The van der Waals surface area contributed by atoms with Crippen LogP contribution in [0.2, 0.25) is 5.15 Å². The summed E-state index contributed by atoms with van der Waals surface area (Å²) < 4.78 is 0. The third-order valence-electron chi connectivity index (χ3n) is 2.94. The third kappa shape index (κ3) is 2.47. The molecule has 0 unspecified atom stereocenters. The van der Waals surface area contributed by atoms with E-state index in [0.29, 0.717) is 5.15 Å². The number of carbonyl (C=O) groups excluding carboxylic acids is 1. The summed E-state index contributed by atoms with van der Waals surface area (Å²) in [6.45, 7) is 0. The fourth-order valence-corrected chi connectivity index (χ4v) is 2.36. The average Bonchev–Trinajstić information content (AvgIpc) is 2.37. The molecule has 0 aliphatic rings. The zero-order chi connectivity index (χ0) is 12.7. The molecule has 0 N–H and O–H groups in total. The van der Waals surface area contributed by atoms with E-state index in [1.807, 2.05) is 18.2 Å². The van der Waals surface area contributed by atoms with Gasteiger partial charge in [0.15, 0.2) is 0 Å². The topological polar surface area (TPSA) is 53.0 Å². The Bertz CT molecular complexity index is 789. The van der Waals surface area contributed by atoms with Gasteiger partial charge in [-0.3, -0.25) is 0 Å². The van der Waals surface area contributed by atoms with Gasteiger partial charge in [-0.15, -0.1) is 0 Å². The Hall–Kier alpha value is -1.13. The first-order valence-electron chi connectivity index (χ1n) is 5.35. The molecule has 3 nitrogen and oxygen atoms in total. The van der Waals surface area contributed by atoms with Crippen molar-refractivity contribution in [1.82, 2.24) is 4.98 Å². The fraction of sp³-hybridized carbons (Fsp3) is 0. The molecule has 0 saturated carbocycles. The summed E-state index contributed by atoms with van der Waals surface area (Å²) in [5.41, 5.74) is 0.155. The largest absolute Gasteiger partial charge is 1.00 e. The number of carboxylic acids is 1. The van der Waals surface area contributed by atoms with E-state index in [9.17, 15) is 9.90 Å². The Morgan fingerprint density at radius 2 is 1.84 bits per heavy atom. The van der Waals surface area contributed by atoms with Crippen LogP contribution in [0.15, 0.2) is 42.6 Å². The van der Waals surface area contributed by atoms with Crippen LogP contribution in [0.1, 0.15) is 10.4 Å².